The SMILES string of the molecule is CN1CCCC(CF)(C(=O)O)C1. The number of carboxylic acids is 1. The summed E-state index contributed by atoms with van der Waals surface area (Å²) in [4.78, 5) is 12.7. The van der Waals surface area contributed by atoms with E-state index in [1.54, 1.807) is 0 Å². The fraction of sp³-hybridized carbons (Fsp3) is 0.875. The van der Waals surface area contributed by atoms with E-state index >= 15 is 0 Å². The fourth-order valence-corrected chi connectivity index (χ4v) is 1.70. The molecule has 0 bridgehead atoms. The Labute approximate surface area is 71.2 Å². The highest BCUT2D eigenvalue weighted by atomic mass is 19.1. The molecule has 0 aromatic rings. The van der Waals surface area contributed by atoms with Crippen molar-refractivity contribution in [2.75, 3.05) is 26.8 Å². The molecule has 0 saturated carbocycles. The van der Waals surface area contributed by atoms with Gasteiger partial charge in [-0.05, 0) is 26.4 Å². The van der Waals surface area contributed by atoms with Crippen molar-refractivity contribution in [1.29, 1.82) is 0 Å². The number of hydrogen-bond donors (Lipinski definition) is 1. The van der Waals surface area contributed by atoms with Crippen molar-refractivity contribution in [2.45, 2.75) is 12.8 Å². The zero-order valence-corrected chi connectivity index (χ0v) is 7.22. The van der Waals surface area contributed by atoms with Gasteiger partial charge in [-0.2, -0.15) is 0 Å². The molecule has 1 rings (SSSR count). The van der Waals surface area contributed by atoms with Gasteiger partial charge in [-0.15, -0.1) is 0 Å². The molecular weight excluding hydrogens is 161 g/mol. The van der Waals surface area contributed by atoms with Crippen molar-refractivity contribution in [3.63, 3.8) is 0 Å². The van der Waals surface area contributed by atoms with Gasteiger partial charge in [0.2, 0.25) is 0 Å². The van der Waals surface area contributed by atoms with Crippen LogP contribution in [0.4, 0.5) is 4.39 Å². The van der Waals surface area contributed by atoms with Gasteiger partial charge in [0.1, 0.15) is 12.1 Å². The van der Waals surface area contributed by atoms with E-state index in [9.17, 15) is 9.18 Å². The predicted molar refractivity (Wildman–Crippen MR) is 42.8 cm³/mol. The number of aliphatic carboxylic acids is 1. The number of carboxylic acid groups (broad SMARTS) is 1. The lowest BCUT2D eigenvalue weighted by atomic mass is 9.81. The van der Waals surface area contributed by atoms with E-state index in [4.69, 9.17) is 5.11 Å². The van der Waals surface area contributed by atoms with Gasteiger partial charge in [0, 0.05) is 6.54 Å². The van der Waals surface area contributed by atoms with Crippen molar-refractivity contribution < 1.29 is 14.3 Å². The molecule has 1 aliphatic heterocycles. The van der Waals surface area contributed by atoms with Crippen LogP contribution in [0.1, 0.15) is 12.8 Å². The van der Waals surface area contributed by atoms with Gasteiger partial charge >= 0.3 is 5.97 Å². The van der Waals surface area contributed by atoms with Gasteiger partial charge in [0.15, 0.2) is 0 Å². The van der Waals surface area contributed by atoms with E-state index in [1.807, 2.05) is 11.9 Å². The first-order chi connectivity index (χ1) is 5.60. The maximum absolute atomic E-state index is 12.6. The number of likely N-dealkylation sites (tertiary alicyclic amines) is 1. The van der Waals surface area contributed by atoms with E-state index in [2.05, 4.69) is 0 Å². The van der Waals surface area contributed by atoms with E-state index in [0.717, 1.165) is 13.0 Å². The monoisotopic (exact) mass is 175 g/mol. The zero-order valence-electron chi connectivity index (χ0n) is 7.22. The molecule has 0 aromatic carbocycles. The zero-order chi connectivity index (χ0) is 9.19. The fourth-order valence-electron chi connectivity index (χ4n) is 1.70. The summed E-state index contributed by atoms with van der Waals surface area (Å²) < 4.78 is 12.6. The predicted octanol–water partition coefficient (Wildman–Crippen LogP) is 0.753. The summed E-state index contributed by atoms with van der Waals surface area (Å²) in [6.07, 6.45) is 1.23. The Balaban J connectivity index is 2.71. The first-order valence-corrected chi connectivity index (χ1v) is 4.09. The standard InChI is InChI=1S/C8H14FNO2/c1-10-4-2-3-8(5-9,6-10)7(11)12/h2-6H2,1H3,(H,11,12). The molecule has 4 heteroatoms. The van der Waals surface area contributed by atoms with Gasteiger partial charge < -0.3 is 10.0 Å². The van der Waals surface area contributed by atoms with Crippen LogP contribution in [0.5, 0.6) is 0 Å². The molecule has 0 spiro atoms. The molecular formula is C8H14FNO2. The number of rotatable bonds is 2. The smallest absolute Gasteiger partial charge is 0.313 e. The van der Waals surface area contributed by atoms with Crippen molar-refractivity contribution in [1.82, 2.24) is 4.90 Å². The second-order valence-electron chi connectivity index (χ2n) is 3.56. The number of carbonyl (C=O) groups is 1. The lowest BCUT2D eigenvalue weighted by Gasteiger charge is -2.35. The molecule has 1 saturated heterocycles. The van der Waals surface area contributed by atoms with Gasteiger partial charge in [0.25, 0.3) is 0 Å². The lowest BCUT2D eigenvalue weighted by molar-refractivity contribution is -0.153. The van der Waals surface area contributed by atoms with Crippen LogP contribution in [-0.4, -0.2) is 42.8 Å². The highest BCUT2D eigenvalue weighted by Gasteiger charge is 2.41. The summed E-state index contributed by atoms with van der Waals surface area (Å²) in [7, 11) is 1.83. The Morgan fingerprint density at radius 3 is 2.75 bits per heavy atom. The maximum atomic E-state index is 12.6. The minimum Gasteiger partial charge on any atom is -0.481 e. The molecule has 1 fully saturated rings. The lowest BCUT2D eigenvalue weighted by Crippen LogP contribution is -2.47. The van der Waals surface area contributed by atoms with E-state index in [1.165, 1.54) is 0 Å². The molecule has 0 aliphatic carbocycles. The maximum Gasteiger partial charge on any atom is 0.313 e. The summed E-state index contributed by atoms with van der Waals surface area (Å²) in [5, 5.41) is 8.84. The van der Waals surface area contributed by atoms with Crippen molar-refractivity contribution >= 4 is 5.97 Å². The summed E-state index contributed by atoms with van der Waals surface area (Å²) in [5.74, 6) is -1.00. The molecule has 1 aliphatic rings. The first-order valence-electron chi connectivity index (χ1n) is 4.09. The molecule has 1 N–H and O–H groups in total. The molecule has 1 atom stereocenters. The van der Waals surface area contributed by atoms with Crippen LogP contribution in [-0.2, 0) is 4.79 Å². The van der Waals surface area contributed by atoms with Crippen molar-refractivity contribution in [3.8, 4) is 0 Å². The van der Waals surface area contributed by atoms with Gasteiger partial charge in [-0.25, -0.2) is 4.39 Å². The van der Waals surface area contributed by atoms with Crippen molar-refractivity contribution in [3.05, 3.63) is 0 Å². The average Bonchev–Trinajstić information content (AvgIpc) is 2.04. The second-order valence-corrected chi connectivity index (χ2v) is 3.56. The normalized spacial score (nSPS) is 31.8. The Bertz CT molecular complexity index is 186. The van der Waals surface area contributed by atoms with Crippen LogP contribution in [0.2, 0.25) is 0 Å². The van der Waals surface area contributed by atoms with Gasteiger partial charge in [-0.3, -0.25) is 4.79 Å². The van der Waals surface area contributed by atoms with E-state index in [0.29, 0.717) is 13.0 Å². The summed E-state index contributed by atoms with van der Waals surface area (Å²) in [6.45, 7) is 0.445. The minimum atomic E-state index is -1.13. The number of piperidine rings is 1. The molecule has 1 unspecified atom stereocenters. The summed E-state index contributed by atoms with van der Waals surface area (Å²) in [6, 6.07) is 0. The first kappa shape index (κ1) is 9.45. The van der Waals surface area contributed by atoms with Gasteiger partial charge in [0.05, 0.1) is 0 Å². The van der Waals surface area contributed by atoms with Crippen LogP contribution < -0.4 is 0 Å². The largest absolute Gasteiger partial charge is 0.481 e. The third kappa shape index (κ3) is 1.58. The molecule has 0 amide bonds. The average molecular weight is 175 g/mol. The summed E-state index contributed by atoms with van der Waals surface area (Å²) in [5.41, 5.74) is -1.13. The summed E-state index contributed by atoms with van der Waals surface area (Å²) >= 11 is 0. The second kappa shape index (κ2) is 3.39. The van der Waals surface area contributed by atoms with Crippen LogP contribution in [0.3, 0.4) is 0 Å². The third-order valence-corrected chi connectivity index (χ3v) is 2.48. The Morgan fingerprint density at radius 1 is 1.75 bits per heavy atom. The van der Waals surface area contributed by atoms with E-state index in [-0.39, 0.29) is 0 Å². The Hall–Kier alpha value is -0.640. The van der Waals surface area contributed by atoms with Crippen LogP contribution in [0.15, 0.2) is 0 Å². The van der Waals surface area contributed by atoms with Crippen LogP contribution in [0, 0.1) is 5.41 Å². The molecule has 12 heavy (non-hydrogen) atoms. The van der Waals surface area contributed by atoms with Crippen molar-refractivity contribution in [2.24, 2.45) is 5.41 Å². The number of halogens is 1. The molecule has 1 heterocycles. The highest BCUT2D eigenvalue weighted by Crippen LogP contribution is 2.30. The molecule has 3 nitrogen and oxygen atoms in total. The molecule has 70 valence electrons. The topological polar surface area (TPSA) is 40.5 Å². The highest BCUT2D eigenvalue weighted by molar-refractivity contribution is 5.75. The number of alkyl halides is 1. The molecule has 0 aromatic heterocycles. The number of nitrogens with zero attached hydrogens (tertiary/aromatic N) is 1. The van der Waals surface area contributed by atoms with Gasteiger partial charge in [-0.1, -0.05) is 0 Å². The Kier molecular flexibility index (Phi) is 2.67. The van der Waals surface area contributed by atoms with Crippen LogP contribution in [0.25, 0.3) is 0 Å². The quantitative estimate of drug-likeness (QED) is 0.673. The minimum absolute atomic E-state index is 0.332. The van der Waals surface area contributed by atoms with E-state index < -0.39 is 18.1 Å². The van der Waals surface area contributed by atoms with Crippen LogP contribution >= 0.6 is 0 Å². The Morgan fingerprint density at radius 2 is 2.42 bits per heavy atom. The molecule has 0 radical (unpaired) electrons. The third-order valence-electron chi connectivity index (χ3n) is 2.48. The number of hydrogen-bond acceptors (Lipinski definition) is 2.